The van der Waals surface area contributed by atoms with Crippen LogP contribution in [0.5, 0.6) is 5.75 Å². The van der Waals surface area contributed by atoms with Crippen LogP contribution in [0.1, 0.15) is 29.5 Å². The van der Waals surface area contributed by atoms with Crippen LogP contribution in [0.15, 0.2) is 40.8 Å². The first-order valence-electron chi connectivity index (χ1n) is 8.71. The maximum Gasteiger partial charge on any atom is 0.316 e. The van der Waals surface area contributed by atoms with Gasteiger partial charge in [0.1, 0.15) is 0 Å². The molecule has 0 atom stereocenters. The molecule has 0 bridgehead atoms. The van der Waals surface area contributed by atoms with Crippen molar-refractivity contribution in [3.63, 3.8) is 0 Å². The second-order valence-corrected chi connectivity index (χ2v) is 6.36. The van der Waals surface area contributed by atoms with Crippen LogP contribution in [0.25, 0.3) is 0 Å². The summed E-state index contributed by atoms with van der Waals surface area (Å²) in [5.41, 5.74) is 4.28. The standard InChI is InChI=1S/C21H23N3O2/c1-15-8-7-9-16(2)18(15)12-22-21-23-20(25)19(26-3)14-24(21)13-17-10-5-4-6-11-17/h7-10,14H,4-5,12-13H2,1-3H3,(H,22,23,25). The first-order chi connectivity index (χ1) is 12.6. The zero-order valence-electron chi connectivity index (χ0n) is 15.4. The Bertz CT molecular complexity index is 941. The minimum Gasteiger partial charge on any atom is -0.490 e. The Labute approximate surface area is 153 Å². The van der Waals surface area contributed by atoms with Gasteiger partial charge in [-0.2, -0.15) is 4.98 Å². The number of aromatic nitrogens is 2. The van der Waals surface area contributed by atoms with Crippen molar-refractivity contribution >= 4 is 5.95 Å². The molecule has 1 aliphatic rings. The summed E-state index contributed by atoms with van der Waals surface area (Å²) in [6, 6.07) is 6.21. The third-order valence-corrected chi connectivity index (χ3v) is 4.50. The van der Waals surface area contributed by atoms with Crippen LogP contribution in [0, 0.1) is 25.7 Å². The lowest BCUT2D eigenvalue weighted by Gasteiger charge is -2.17. The highest BCUT2D eigenvalue weighted by Crippen LogP contribution is 2.17. The molecule has 1 aromatic carbocycles. The third kappa shape index (κ3) is 3.97. The van der Waals surface area contributed by atoms with Gasteiger partial charge in [0, 0.05) is 18.5 Å². The molecule has 2 aromatic rings. The highest BCUT2D eigenvalue weighted by Gasteiger charge is 2.11. The molecule has 3 rings (SSSR count). The Balaban J connectivity index is 1.90. The summed E-state index contributed by atoms with van der Waals surface area (Å²) in [4.78, 5) is 16.3. The molecule has 5 nitrogen and oxygen atoms in total. The number of allylic oxidation sites excluding steroid dienone is 2. The fraction of sp³-hybridized carbons (Fsp3) is 0.333. The van der Waals surface area contributed by atoms with E-state index in [0.717, 1.165) is 18.4 Å². The normalized spacial score (nSPS) is 12.8. The van der Waals surface area contributed by atoms with E-state index in [2.05, 4.69) is 54.2 Å². The van der Waals surface area contributed by atoms with Crippen molar-refractivity contribution in [3.8, 4) is 17.6 Å². The number of anilines is 1. The van der Waals surface area contributed by atoms with Crippen molar-refractivity contribution in [1.29, 1.82) is 0 Å². The molecule has 1 heterocycles. The Morgan fingerprint density at radius 2 is 2.08 bits per heavy atom. The van der Waals surface area contributed by atoms with Gasteiger partial charge in [-0.3, -0.25) is 4.79 Å². The Hall–Kier alpha value is -3.00. The molecular formula is C21H23N3O2. The number of hydrogen-bond donors (Lipinski definition) is 1. The maximum absolute atomic E-state index is 12.1. The average molecular weight is 349 g/mol. The van der Waals surface area contributed by atoms with Crippen molar-refractivity contribution in [2.75, 3.05) is 12.4 Å². The number of methoxy groups -OCH3 is 1. The summed E-state index contributed by atoms with van der Waals surface area (Å²) < 4.78 is 7.04. The van der Waals surface area contributed by atoms with Gasteiger partial charge in [-0.1, -0.05) is 36.1 Å². The van der Waals surface area contributed by atoms with Gasteiger partial charge < -0.3 is 14.6 Å². The van der Waals surface area contributed by atoms with Gasteiger partial charge in [-0.05, 0) is 37.0 Å². The van der Waals surface area contributed by atoms with Crippen LogP contribution in [0.4, 0.5) is 5.95 Å². The second kappa shape index (κ2) is 7.92. The summed E-state index contributed by atoms with van der Waals surface area (Å²) in [6.07, 6.45) is 5.68. The predicted octanol–water partition coefficient (Wildman–Crippen LogP) is 3.20. The van der Waals surface area contributed by atoms with Gasteiger partial charge in [0.2, 0.25) is 11.7 Å². The number of benzene rings is 1. The average Bonchev–Trinajstić information content (AvgIpc) is 2.64. The Kier molecular flexibility index (Phi) is 5.43. The van der Waals surface area contributed by atoms with Crippen LogP contribution < -0.4 is 15.6 Å². The van der Waals surface area contributed by atoms with Crippen molar-refractivity contribution in [2.24, 2.45) is 0 Å². The molecule has 0 radical (unpaired) electrons. The van der Waals surface area contributed by atoms with Crippen molar-refractivity contribution < 1.29 is 4.74 Å². The van der Waals surface area contributed by atoms with E-state index in [1.807, 2.05) is 10.6 Å². The zero-order chi connectivity index (χ0) is 18.5. The summed E-state index contributed by atoms with van der Waals surface area (Å²) in [7, 11) is 1.48. The summed E-state index contributed by atoms with van der Waals surface area (Å²) >= 11 is 0. The molecule has 1 N–H and O–H groups in total. The van der Waals surface area contributed by atoms with Crippen LogP contribution in [-0.4, -0.2) is 16.7 Å². The fourth-order valence-electron chi connectivity index (χ4n) is 3.00. The quantitative estimate of drug-likeness (QED) is 0.814. The lowest BCUT2D eigenvalue weighted by Crippen LogP contribution is -2.20. The van der Waals surface area contributed by atoms with E-state index in [9.17, 15) is 4.79 Å². The number of rotatable bonds is 6. The number of aryl methyl sites for hydroxylation is 2. The van der Waals surface area contributed by atoms with E-state index in [1.165, 1.54) is 23.8 Å². The van der Waals surface area contributed by atoms with Gasteiger partial charge >= 0.3 is 5.56 Å². The fourth-order valence-corrected chi connectivity index (χ4v) is 3.00. The van der Waals surface area contributed by atoms with E-state index in [0.29, 0.717) is 19.0 Å². The van der Waals surface area contributed by atoms with E-state index in [1.54, 1.807) is 6.20 Å². The Morgan fingerprint density at radius 3 is 2.73 bits per heavy atom. The molecule has 0 amide bonds. The van der Waals surface area contributed by atoms with E-state index < -0.39 is 0 Å². The molecule has 26 heavy (non-hydrogen) atoms. The predicted molar refractivity (Wildman–Crippen MR) is 103 cm³/mol. The van der Waals surface area contributed by atoms with Gasteiger partial charge in [-0.15, -0.1) is 0 Å². The lowest BCUT2D eigenvalue weighted by atomic mass is 10.0. The molecule has 0 aliphatic heterocycles. The topological polar surface area (TPSA) is 56.1 Å². The molecular weight excluding hydrogens is 326 g/mol. The third-order valence-electron chi connectivity index (χ3n) is 4.50. The van der Waals surface area contributed by atoms with Gasteiger partial charge in [0.15, 0.2) is 0 Å². The van der Waals surface area contributed by atoms with E-state index >= 15 is 0 Å². The highest BCUT2D eigenvalue weighted by atomic mass is 16.5. The smallest absolute Gasteiger partial charge is 0.316 e. The SMILES string of the molecule is COc1cn(CC2=CCCC#C2)c(NCc2c(C)cccc2C)nc1=O. The highest BCUT2D eigenvalue weighted by molar-refractivity contribution is 5.39. The molecule has 5 heteroatoms. The van der Waals surface area contributed by atoms with Gasteiger partial charge in [0.05, 0.1) is 19.9 Å². The number of ether oxygens (including phenoxy) is 1. The number of nitrogens with one attached hydrogen (secondary N) is 1. The Morgan fingerprint density at radius 1 is 1.31 bits per heavy atom. The number of nitrogens with zero attached hydrogens (tertiary/aromatic N) is 2. The van der Waals surface area contributed by atoms with Crippen LogP contribution in [0.2, 0.25) is 0 Å². The molecule has 1 aliphatic carbocycles. The maximum atomic E-state index is 12.1. The van der Waals surface area contributed by atoms with Gasteiger partial charge in [-0.25, -0.2) is 0 Å². The molecule has 0 saturated heterocycles. The van der Waals surface area contributed by atoms with Crippen LogP contribution in [-0.2, 0) is 13.1 Å². The van der Waals surface area contributed by atoms with Crippen LogP contribution in [0.3, 0.4) is 0 Å². The summed E-state index contributed by atoms with van der Waals surface area (Å²) in [5.74, 6) is 7.03. The molecule has 134 valence electrons. The van der Waals surface area contributed by atoms with Crippen molar-refractivity contribution in [1.82, 2.24) is 9.55 Å². The van der Waals surface area contributed by atoms with Crippen LogP contribution >= 0.6 is 0 Å². The lowest BCUT2D eigenvalue weighted by molar-refractivity contribution is 0.402. The van der Waals surface area contributed by atoms with Crippen molar-refractivity contribution in [2.45, 2.75) is 39.8 Å². The van der Waals surface area contributed by atoms with Crippen molar-refractivity contribution in [3.05, 3.63) is 63.1 Å². The zero-order valence-corrected chi connectivity index (χ0v) is 15.4. The molecule has 0 spiro atoms. The van der Waals surface area contributed by atoms with E-state index in [4.69, 9.17) is 4.74 Å². The minimum absolute atomic E-state index is 0.229. The molecule has 0 unspecified atom stereocenters. The van der Waals surface area contributed by atoms with Gasteiger partial charge in [0.25, 0.3) is 0 Å². The largest absolute Gasteiger partial charge is 0.490 e. The molecule has 1 aromatic heterocycles. The number of hydrogen-bond acceptors (Lipinski definition) is 4. The minimum atomic E-state index is -0.378. The first kappa shape index (κ1) is 17.8. The summed E-state index contributed by atoms with van der Waals surface area (Å²) in [6.45, 7) is 5.33. The molecule has 0 saturated carbocycles. The first-order valence-corrected chi connectivity index (χ1v) is 8.71. The second-order valence-electron chi connectivity index (χ2n) is 6.36. The summed E-state index contributed by atoms with van der Waals surface area (Å²) in [5, 5.41) is 3.31. The molecule has 0 fully saturated rings. The monoisotopic (exact) mass is 349 g/mol. The van der Waals surface area contributed by atoms with E-state index in [-0.39, 0.29) is 11.3 Å².